The first kappa shape index (κ1) is 14.3. The van der Waals surface area contributed by atoms with Crippen LogP contribution in [-0.4, -0.2) is 7.05 Å². The van der Waals surface area contributed by atoms with E-state index >= 15 is 0 Å². The van der Waals surface area contributed by atoms with Crippen LogP contribution in [0.4, 0.5) is 4.39 Å². The number of furan rings is 1. The number of nitrogens with one attached hydrogen (secondary N) is 1. The van der Waals surface area contributed by atoms with Gasteiger partial charge < -0.3 is 14.5 Å². The van der Waals surface area contributed by atoms with Crippen molar-refractivity contribution in [2.24, 2.45) is 0 Å². The molecule has 0 saturated heterocycles. The maximum atomic E-state index is 14.1. The Morgan fingerprint density at radius 3 is 2.90 bits per heavy atom. The Kier molecular flexibility index (Phi) is 4.34. The van der Waals surface area contributed by atoms with Gasteiger partial charge >= 0.3 is 0 Å². The normalized spacial score (nSPS) is 11.3. The molecular weight excluding hydrogens is 289 g/mol. The molecule has 0 aliphatic carbocycles. The van der Waals surface area contributed by atoms with Crippen molar-refractivity contribution in [3.63, 3.8) is 0 Å². The molecule has 5 heteroatoms. The van der Waals surface area contributed by atoms with Gasteiger partial charge in [-0.2, -0.15) is 0 Å². The van der Waals surface area contributed by atoms with E-state index in [2.05, 4.69) is 5.32 Å². The minimum absolute atomic E-state index is 0.192. The summed E-state index contributed by atoms with van der Waals surface area (Å²) < 4.78 is 26.0. The van der Waals surface area contributed by atoms with Crippen LogP contribution < -0.4 is 5.32 Å². The van der Waals surface area contributed by atoms with Crippen molar-refractivity contribution >= 4 is 21.4 Å². The fourth-order valence-electron chi connectivity index (χ4n) is 2.32. The van der Waals surface area contributed by atoms with Crippen LogP contribution in [0.2, 0.25) is 0 Å². The number of rotatable bonds is 6. The highest BCUT2D eigenvalue weighted by Gasteiger charge is 2.15. The number of hydrogen-bond acceptors (Lipinski definition) is 4. The fraction of sp³-hybridized carbons (Fsp3) is 0.250. The summed E-state index contributed by atoms with van der Waals surface area (Å²) in [4.78, 5) is 1.11. The first-order valence-corrected chi connectivity index (χ1v) is 7.54. The first-order chi connectivity index (χ1) is 10.3. The highest BCUT2D eigenvalue weighted by molar-refractivity contribution is 7.19. The molecule has 3 aromatic rings. The number of benzene rings is 1. The Labute approximate surface area is 126 Å². The van der Waals surface area contributed by atoms with Crippen molar-refractivity contribution < 1.29 is 13.5 Å². The zero-order chi connectivity index (χ0) is 14.7. The van der Waals surface area contributed by atoms with Crippen LogP contribution in [0.5, 0.6) is 0 Å². The van der Waals surface area contributed by atoms with E-state index in [1.54, 1.807) is 23.7 Å². The Morgan fingerprint density at radius 1 is 1.24 bits per heavy atom. The van der Waals surface area contributed by atoms with Crippen molar-refractivity contribution in [1.82, 2.24) is 5.32 Å². The molecule has 0 saturated carbocycles. The number of hydrogen-bond donors (Lipinski definition) is 1. The quantitative estimate of drug-likeness (QED) is 0.745. The molecule has 0 aliphatic heterocycles. The third-order valence-electron chi connectivity index (χ3n) is 3.26. The zero-order valence-electron chi connectivity index (χ0n) is 11.7. The summed E-state index contributed by atoms with van der Waals surface area (Å²) in [5, 5.41) is 3.80. The van der Waals surface area contributed by atoms with Gasteiger partial charge in [-0.15, -0.1) is 11.3 Å². The predicted molar refractivity (Wildman–Crippen MR) is 81.7 cm³/mol. The third kappa shape index (κ3) is 3.00. The summed E-state index contributed by atoms with van der Waals surface area (Å²) in [5.41, 5.74) is 0.925. The monoisotopic (exact) mass is 305 g/mol. The van der Waals surface area contributed by atoms with Crippen LogP contribution in [0, 0.1) is 5.82 Å². The summed E-state index contributed by atoms with van der Waals surface area (Å²) >= 11 is 1.60. The van der Waals surface area contributed by atoms with Gasteiger partial charge in [-0.25, -0.2) is 4.39 Å². The summed E-state index contributed by atoms with van der Waals surface area (Å²) in [6.07, 6.45) is 1.62. The Balaban J connectivity index is 1.86. The van der Waals surface area contributed by atoms with E-state index in [1.165, 1.54) is 6.07 Å². The molecular formula is C16H16FNO2S. The maximum absolute atomic E-state index is 14.1. The first-order valence-electron chi connectivity index (χ1n) is 6.73. The van der Waals surface area contributed by atoms with Crippen LogP contribution in [0.3, 0.4) is 0 Å². The lowest BCUT2D eigenvalue weighted by Gasteiger charge is -2.06. The molecule has 0 fully saturated rings. The second-order valence-electron chi connectivity index (χ2n) is 4.72. The van der Waals surface area contributed by atoms with Crippen molar-refractivity contribution in [2.45, 2.75) is 19.8 Å². The molecule has 0 amide bonds. The van der Waals surface area contributed by atoms with Gasteiger partial charge in [-0.05, 0) is 31.3 Å². The second-order valence-corrected chi connectivity index (χ2v) is 5.86. The van der Waals surface area contributed by atoms with Crippen molar-refractivity contribution in [1.29, 1.82) is 0 Å². The summed E-state index contributed by atoms with van der Waals surface area (Å²) in [6.45, 7) is 1.47. The number of thiophene rings is 1. The van der Waals surface area contributed by atoms with Gasteiger partial charge in [0.1, 0.15) is 18.2 Å². The molecule has 21 heavy (non-hydrogen) atoms. The summed E-state index contributed by atoms with van der Waals surface area (Å²) in [6, 6.07) is 8.86. The Bertz CT molecular complexity index is 721. The van der Waals surface area contributed by atoms with Gasteiger partial charge in [0, 0.05) is 27.1 Å². The van der Waals surface area contributed by atoms with Gasteiger partial charge in [0.25, 0.3) is 0 Å². The number of fused-ring (bicyclic) bond motifs is 1. The largest absolute Gasteiger partial charge is 0.467 e. The molecule has 0 spiro atoms. The molecule has 2 heterocycles. The molecule has 0 aliphatic rings. The highest BCUT2D eigenvalue weighted by atomic mass is 32.1. The van der Waals surface area contributed by atoms with Crippen molar-refractivity contribution in [3.8, 4) is 0 Å². The Hall–Kier alpha value is -1.69. The van der Waals surface area contributed by atoms with Crippen LogP contribution in [0.1, 0.15) is 16.2 Å². The van der Waals surface area contributed by atoms with E-state index in [0.29, 0.717) is 25.1 Å². The van der Waals surface area contributed by atoms with Crippen molar-refractivity contribution in [3.05, 3.63) is 58.6 Å². The minimum Gasteiger partial charge on any atom is -0.467 e. The van der Waals surface area contributed by atoms with Gasteiger partial charge in [-0.3, -0.25) is 0 Å². The van der Waals surface area contributed by atoms with E-state index in [-0.39, 0.29) is 5.82 Å². The zero-order valence-corrected chi connectivity index (χ0v) is 12.5. The lowest BCUT2D eigenvalue weighted by Crippen LogP contribution is -2.06. The lowest BCUT2D eigenvalue weighted by molar-refractivity contribution is 0.0933. The molecule has 3 rings (SSSR count). The van der Waals surface area contributed by atoms with Gasteiger partial charge in [-0.1, -0.05) is 6.07 Å². The lowest BCUT2D eigenvalue weighted by atomic mass is 10.1. The van der Waals surface area contributed by atoms with Crippen LogP contribution in [0.25, 0.3) is 10.1 Å². The molecule has 3 nitrogen and oxygen atoms in total. The number of halogens is 1. The average molecular weight is 305 g/mol. The third-order valence-corrected chi connectivity index (χ3v) is 4.45. The highest BCUT2D eigenvalue weighted by Crippen LogP contribution is 2.33. The van der Waals surface area contributed by atoms with Crippen LogP contribution in [0.15, 0.2) is 41.0 Å². The molecule has 1 aromatic carbocycles. The molecule has 2 aromatic heterocycles. The van der Waals surface area contributed by atoms with E-state index < -0.39 is 0 Å². The molecule has 0 atom stereocenters. The van der Waals surface area contributed by atoms with Crippen molar-refractivity contribution in [2.75, 3.05) is 7.05 Å². The fourth-order valence-corrected chi connectivity index (χ4v) is 3.56. The average Bonchev–Trinajstić information content (AvgIpc) is 3.09. The Morgan fingerprint density at radius 2 is 2.14 bits per heavy atom. The van der Waals surface area contributed by atoms with Gasteiger partial charge in [0.2, 0.25) is 0 Å². The van der Waals surface area contributed by atoms with E-state index in [0.717, 1.165) is 20.9 Å². The second kappa shape index (κ2) is 6.39. The summed E-state index contributed by atoms with van der Waals surface area (Å²) in [7, 11) is 1.88. The molecule has 110 valence electrons. The van der Waals surface area contributed by atoms with E-state index in [4.69, 9.17) is 9.15 Å². The van der Waals surface area contributed by atoms with Crippen LogP contribution in [-0.2, 0) is 24.5 Å². The molecule has 0 bridgehead atoms. The smallest absolute Gasteiger partial charge is 0.132 e. The maximum Gasteiger partial charge on any atom is 0.132 e. The molecule has 0 unspecified atom stereocenters. The van der Waals surface area contributed by atoms with Gasteiger partial charge in [0.05, 0.1) is 12.9 Å². The summed E-state index contributed by atoms with van der Waals surface area (Å²) in [5.74, 6) is 0.577. The van der Waals surface area contributed by atoms with Gasteiger partial charge in [0.15, 0.2) is 0 Å². The minimum atomic E-state index is -0.192. The standard InChI is InChI=1S/C16H16FNO2S/c1-18-8-15-12(10-19-9-11-4-3-7-20-11)16-13(17)5-2-6-14(16)21-15/h2-7,18H,8-10H2,1H3. The van der Waals surface area contributed by atoms with E-state index in [9.17, 15) is 4.39 Å². The topological polar surface area (TPSA) is 34.4 Å². The van der Waals surface area contributed by atoms with Crippen LogP contribution >= 0.6 is 11.3 Å². The molecule has 0 radical (unpaired) electrons. The number of ether oxygens (including phenoxy) is 1. The predicted octanol–water partition coefficient (Wildman–Crippen LogP) is 4.07. The SMILES string of the molecule is CNCc1sc2cccc(F)c2c1COCc1ccco1. The van der Waals surface area contributed by atoms with E-state index in [1.807, 2.05) is 25.2 Å². The molecule has 1 N–H and O–H groups in total.